The summed E-state index contributed by atoms with van der Waals surface area (Å²) in [5, 5.41) is 53.4. The van der Waals surface area contributed by atoms with Crippen LogP contribution in [0.2, 0.25) is 0 Å². The molecule has 1 amide bonds. The zero-order chi connectivity index (χ0) is 34.8. The van der Waals surface area contributed by atoms with Crippen LogP contribution in [0.25, 0.3) is 0 Å². The molecule has 280 valence electrons. The number of amides is 1. The van der Waals surface area contributed by atoms with Gasteiger partial charge in [-0.05, 0) is 12.8 Å². The van der Waals surface area contributed by atoms with Gasteiger partial charge in [0, 0.05) is 0 Å². The van der Waals surface area contributed by atoms with E-state index < -0.39 is 43.0 Å². The van der Waals surface area contributed by atoms with Crippen molar-refractivity contribution in [3.8, 4) is 0 Å². The molecule has 47 heavy (non-hydrogen) atoms. The van der Waals surface area contributed by atoms with E-state index in [0.717, 1.165) is 38.5 Å². The van der Waals surface area contributed by atoms with E-state index in [2.05, 4.69) is 19.2 Å². The van der Waals surface area contributed by atoms with Gasteiger partial charge in [-0.2, -0.15) is 0 Å². The molecular formula is C40H79NO6. The predicted molar refractivity (Wildman–Crippen MR) is 197 cm³/mol. The average molecular weight is 670 g/mol. The Balaban J connectivity index is 3.82. The summed E-state index contributed by atoms with van der Waals surface area (Å²) in [6, 6.07) is -0.950. The highest BCUT2D eigenvalue weighted by Gasteiger charge is 2.23. The Hall–Kier alpha value is -0.990. The number of carbonyl (C=O) groups excluding carboxylic acids is 1. The minimum Gasteiger partial charge on any atom is -0.394 e. The van der Waals surface area contributed by atoms with Crippen molar-refractivity contribution in [1.29, 1.82) is 0 Å². The molecule has 0 radical (unpaired) electrons. The second-order valence-corrected chi connectivity index (χ2v) is 14.2. The number of unbranched alkanes of at least 4 members (excludes halogenated alkanes) is 24. The van der Waals surface area contributed by atoms with Crippen LogP contribution in [0.5, 0.6) is 0 Å². The number of nitrogens with one attached hydrogen (secondary N) is 1. The molecular weight excluding hydrogens is 590 g/mol. The first-order chi connectivity index (χ1) is 22.8. The first kappa shape index (κ1) is 46.0. The quantitative estimate of drug-likeness (QED) is 0.0292. The molecule has 0 saturated heterocycles. The molecule has 0 heterocycles. The van der Waals surface area contributed by atoms with E-state index in [0.29, 0.717) is 12.8 Å². The van der Waals surface area contributed by atoms with Crippen molar-refractivity contribution < 1.29 is 30.3 Å². The van der Waals surface area contributed by atoms with Gasteiger partial charge in [-0.15, -0.1) is 0 Å². The van der Waals surface area contributed by atoms with Gasteiger partial charge < -0.3 is 30.8 Å². The van der Waals surface area contributed by atoms with Gasteiger partial charge in [0.1, 0.15) is 0 Å². The number of rotatable bonds is 36. The van der Waals surface area contributed by atoms with Crippen LogP contribution in [-0.2, 0) is 4.79 Å². The summed E-state index contributed by atoms with van der Waals surface area (Å²) in [6.07, 6.45) is 32.5. The minimum absolute atomic E-state index is 0.298. The molecule has 6 N–H and O–H groups in total. The number of carbonyl (C=O) groups is 1. The molecule has 0 aliphatic carbocycles. The van der Waals surface area contributed by atoms with Crippen molar-refractivity contribution in [3.63, 3.8) is 0 Å². The molecule has 0 saturated carbocycles. The third-order valence-corrected chi connectivity index (χ3v) is 9.53. The Morgan fingerprint density at radius 2 is 0.872 bits per heavy atom. The molecule has 7 heteroatoms. The molecule has 0 spiro atoms. The van der Waals surface area contributed by atoms with E-state index in [-0.39, 0.29) is 6.42 Å². The summed E-state index contributed by atoms with van der Waals surface area (Å²) in [4.78, 5) is 12.4. The van der Waals surface area contributed by atoms with E-state index in [9.17, 15) is 30.3 Å². The van der Waals surface area contributed by atoms with Crippen molar-refractivity contribution in [2.24, 2.45) is 0 Å². The fourth-order valence-electron chi connectivity index (χ4n) is 6.24. The first-order valence-corrected chi connectivity index (χ1v) is 20.2. The van der Waals surface area contributed by atoms with Gasteiger partial charge in [-0.3, -0.25) is 4.79 Å². The van der Waals surface area contributed by atoms with Crippen molar-refractivity contribution >= 4 is 5.91 Å². The van der Waals surface area contributed by atoms with Crippen LogP contribution in [0.4, 0.5) is 0 Å². The minimum atomic E-state index is -1.19. The lowest BCUT2D eigenvalue weighted by molar-refractivity contribution is -0.126. The molecule has 0 aromatic carbocycles. The predicted octanol–water partition coefficient (Wildman–Crippen LogP) is 8.82. The Morgan fingerprint density at radius 1 is 0.511 bits per heavy atom. The van der Waals surface area contributed by atoms with Gasteiger partial charge in [0.25, 0.3) is 0 Å². The van der Waals surface area contributed by atoms with Gasteiger partial charge >= 0.3 is 0 Å². The molecule has 7 nitrogen and oxygen atoms in total. The zero-order valence-electron chi connectivity index (χ0n) is 30.9. The number of aliphatic hydroxyl groups excluding tert-OH is 5. The summed E-state index contributed by atoms with van der Waals surface area (Å²) in [5.41, 5.74) is 0. The molecule has 0 aromatic rings. The second-order valence-electron chi connectivity index (χ2n) is 14.2. The third kappa shape index (κ3) is 30.8. The Morgan fingerprint density at radius 3 is 1.26 bits per heavy atom. The second kappa shape index (κ2) is 34.9. The van der Waals surface area contributed by atoms with Crippen LogP contribution >= 0.6 is 0 Å². The van der Waals surface area contributed by atoms with Gasteiger partial charge in [-0.1, -0.05) is 193 Å². The van der Waals surface area contributed by atoms with Crippen LogP contribution in [0, 0.1) is 0 Å². The summed E-state index contributed by atoms with van der Waals surface area (Å²) >= 11 is 0. The van der Waals surface area contributed by atoms with Gasteiger partial charge in [-0.25, -0.2) is 0 Å². The maximum absolute atomic E-state index is 12.4. The summed E-state index contributed by atoms with van der Waals surface area (Å²) < 4.78 is 0. The summed E-state index contributed by atoms with van der Waals surface area (Å²) in [6.45, 7) is 3.99. The first-order valence-electron chi connectivity index (χ1n) is 20.2. The van der Waals surface area contributed by atoms with E-state index in [1.165, 1.54) is 141 Å². The van der Waals surface area contributed by atoms with Crippen molar-refractivity contribution in [3.05, 3.63) is 12.2 Å². The number of aliphatic hydroxyl groups is 5. The molecule has 0 rings (SSSR count). The molecule has 0 aliphatic heterocycles. The van der Waals surface area contributed by atoms with Crippen LogP contribution < -0.4 is 5.32 Å². The van der Waals surface area contributed by atoms with E-state index in [1.807, 2.05) is 0 Å². The molecule has 0 fully saturated rings. The molecule has 0 aliphatic rings. The maximum atomic E-state index is 12.4. The fourth-order valence-corrected chi connectivity index (χ4v) is 6.24. The Bertz CT molecular complexity index is 690. The van der Waals surface area contributed by atoms with E-state index in [1.54, 1.807) is 0 Å². The lowest BCUT2D eigenvalue weighted by Gasteiger charge is -2.22. The molecule has 0 aromatic heterocycles. The van der Waals surface area contributed by atoms with Crippen molar-refractivity contribution in [1.82, 2.24) is 5.32 Å². The van der Waals surface area contributed by atoms with Crippen LogP contribution in [0.15, 0.2) is 12.2 Å². The molecule has 5 atom stereocenters. The lowest BCUT2D eigenvalue weighted by Crippen LogP contribution is -2.46. The standard InChI is InChI=1S/C40H79NO6/c1-3-5-7-9-11-12-13-14-15-16-17-18-19-20-21-22-24-26-28-30-38(45)39(46)33-40(47)41-36(34-42)37(44)32-31-35(43)29-27-25-23-10-8-6-4-2/h31-32,35-39,42-46H,3-30,33-34H2,1-2H3,(H,41,47)/t35-,36-,37+,38+,39+/m1/s1. The monoisotopic (exact) mass is 670 g/mol. The van der Waals surface area contributed by atoms with Gasteiger partial charge in [0.15, 0.2) is 0 Å². The highest BCUT2D eigenvalue weighted by Crippen LogP contribution is 2.16. The topological polar surface area (TPSA) is 130 Å². The lowest BCUT2D eigenvalue weighted by atomic mass is 10.0. The highest BCUT2D eigenvalue weighted by atomic mass is 16.3. The fraction of sp³-hybridized carbons (Fsp3) is 0.925. The zero-order valence-corrected chi connectivity index (χ0v) is 30.9. The van der Waals surface area contributed by atoms with Crippen LogP contribution in [-0.4, -0.2) is 68.5 Å². The summed E-state index contributed by atoms with van der Waals surface area (Å²) in [5.74, 6) is -0.542. The van der Waals surface area contributed by atoms with E-state index in [4.69, 9.17) is 0 Å². The normalized spacial score (nSPS) is 15.1. The summed E-state index contributed by atoms with van der Waals surface area (Å²) in [7, 11) is 0. The van der Waals surface area contributed by atoms with Crippen molar-refractivity contribution in [2.75, 3.05) is 6.61 Å². The Kier molecular flexibility index (Phi) is 34.1. The molecule has 0 bridgehead atoms. The van der Waals surface area contributed by atoms with Gasteiger partial charge in [0.2, 0.25) is 5.91 Å². The largest absolute Gasteiger partial charge is 0.394 e. The Labute approximate surface area is 290 Å². The van der Waals surface area contributed by atoms with Crippen molar-refractivity contribution in [2.45, 2.75) is 231 Å². The molecule has 0 unspecified atom stereocenters. The van der Waals surface area contributed by atoms with Crippen LogP contribution in [0.1, 0.15) is 200 Å². The number of hydrogen-bond donors (Lipinski definition) is 6. The SMILES string of the molecule is CCCCCCCCCCCCCCCCCCCCC[C@H](O)[C@@H](O)CC(=O)N[C@H](CO)[C@@H](O)C=C[C@H](O)CCCCCCCCC. The smallest absolute Gasteiger partial charge is 0.223 e. The number of hydrogen-bond acceptors (Lipinski definition) is 6. The van der Waals surface area contributed by atoms with Gasteiger partial charge in [0.05, 0.1) is 43.5 Å². The van der Waals surface area contributed by atoms with Crippen LogP contribution in [0.3, 0.4) is 0 Å². The third-order valence-electron chi connectivity index (χ3n) is 9.53. The maximum Gasteiger partial charge on any atom is 0.223 e. The highest BCUT2D eigenvalue weighted by molar-refractivity contribution is 5.77. The average Bonchev–Trinajstić information content (AvgIpc) is 3.06. The van der Waals surface area contributed by atoms with E-state index >= 15 is 0 Å².